The molecule has 18 heavy (non-hydrogen) atoms. The molecule has 0 aromatic heterocycles. The van der Waals surface area contributed by atoms with Crippen LogP contribution in [0.25, 0.3) is 0 Å². The van der Waals surface area contributed by atoms with E-state index in [0.29, 0.717) is 12.0 Å². The number of halogens is 1. The number of nitrogens with zero attached hydrogens (tertiary/aromatic N) is 1. The fourth-order valence-electron chi connectivity index (χ4n) is 2.43. The minimum atomic E-state index is -0.288. The monoisotopic (exact) mass is 277 g/mol. The number of hydrogen-bond donors (Lipinski definition) is 2. The minimum Gasteiger partial charge on any atom is -0.346 e. The molecular formula is C12H24ClN3O2. The van der Waals surface area contributed by atoms with Gasteiger partial charge in [-0.3, -0.25) is 9.59 Å². The van der Waals surface area contributed by atoms with Gasteiger partial charge in [0.1, 0.15) is 0 Å². The van der Waals surface area contributed by atoms with Crippen LogP contribution in [0.5, 0.6) is 0 Å². The molecule has 1 saturated carbocycles. The molecule has 1 aliphatic carbocycles. The van der Waals surface area contributed by atoms with Crippen LogP contribution < -0.4 is 11.1 Å². The van der Waals surface area contributed by atoms with E-state index in [-0.39, 0.29) is 37.3 Å². The standard InChI is InChI=1S/C12H23N3O2.ClH/c1-9-5-3-4-6-10(9)15(2)12(17)8-14-11(16)7-13;/h9-10H,3-8,13H2,1-2H3,(H,14,16);1H. The van der Waals surface area contributed by atoms with Gasteiger partial charge in [0.2, 0.25) is 11.8 Å². The number of rotatable bonds is 4. The summed E-state index contributed by atoms with van der Waals surface area (Å²) < 4.78 is 0. The molecule has 0 aromatic carbocycles. The fourth-order valence-corrected chi connectivity index (χ4v) is 2.43. The van der Waals surface area contributed by atoms with Crippen molar-refractivity contribution in [2.75, 3.05) is 20.1 Å². The molecule has 2 amide bonds. The Morgan fingerprint density at radius 2 is 1.94 bits per heavy atom. The van der Waals surface area contributed by atoms with Crippen molar-refractivity contribution < 1.29 is 9.59 Å². The van der Waals surface area contributed by atoms with Gasteiger partial charge in [-0.2, -0.15) is 0 Å². The Hall–Kier alpha value is -0.810. The molecule has 6 heteroatoms. The Kier molecular flexibility index (Phi) is 7.95. The van der Waals surface area contributed by atoms with Gasteiger partial charge in [-0.1, -0.05) is 19.8 Å². The highest BCUT2D eigenvalue weighted by atomic mass is 35.5. The molecule has 0 saturated heterocycles. The molecule has 3 N–H and O–H groups in total. The minimum absolute atomic E-state index is 0. The highest BCUT2D eigenvalue weighted by molar-refractivity contribution is 5.85. The van der Waals surface area contributed by atoms with Crippen LogP contribution in [0.1, 0.15) is 32.6 Å². The Labute approximate surface area is 115 Å². The first-order valence-corrected chi connectivity index (χ1v) is 6.28. The van der Waals surface area contributed by atoms with Gasteiger partial charge in [-0.15, -0.1) is 12.4 Å². The highest BCUT2D eigenvalue weighted by Gasteiger charge is 2.27. The number of amides is 2. The van der Waals surface area contributed by atoms with Crippen LogP contribution in [0, 0.1) is 5.92 Å². The van der Waals surface area contributed by atoms with Crippen molar-refractivity contribution in [1.82, 2.24) is 10.2 Å². The van der Waals surface area contributed by atoms with Crippen LogP contribution in [-0.4, -0.2) is 42.9 Å². The van der Waals surface area contributed by atoms with E-state index in [1.54, 1.807) is 4.90 Å². The van der Waals surface area contributed by atoms with Crippen LogP contribution in [0.4, 0.5) is 0 Å². The molecule has 0 spiro atoms. The lowest BCUT2D eigenvalue weighted by Crippen LogP contribution is -2.47. The molecule has 0 aliphatic heterocycles. The van der Waals surface area contributed by atoms with Gasteiger partial charge in [0.25, 0.3) is 0 Å². The fraction of sp³-hybridized carbons (Fsp3) is 0.833. The summed E-state index contributed by atoms with van der Waals surface area (Å²) in [5.74, 6) is 0.219. The third-order valence-corrected chi connectivity index (χ3v) is 3.58. The highest BCUT2D eigenvalue weighted by Crippen LogP contribution is 2.27. The van der Waals surface area contributed by atoms with Crippen molar-refractivity contribution in [1.29, 1.82) is 0 Å². The molecule has 5 nitrogen and oxygen atoms in total. The molecular weight excluding hydrogens is 254 g/mol. The summed E-state index contributed by atoms with van der Waals surface area (Å²) in [6, 6.07) is 0.311. The lowest BCUT2D eigenvalue weighted by atomic mass is 9.85. The third kappa shape index (κ3) is 4.82. The lowest BCUT2D eigenvalue weighted by Gasteiger charge is -2.36. The van der Waals surface area contributed by atoms with Gasteiger partial charge in [-0.25, -0.2) is 0 Å². The SMILES string of the molecule is CC1CCCCC1N(C)C(=O)CNC(=O)CN.Cl. The maximum absolute atomic E-state index is 11.9. The number of likely N-dealkylation sites (N-methyl/N-ethyl adjacent to an activating group) is 1. The van der Waals surface area contributed by atoms with Crippen LogP contribution in [0.3, 0.4) is 0 Å². The van der Waals surface area contributed by atoms with Crippen molar-refractivity contribution in [3.63, 3.8) is 0 Å². The molecule has 0 aromatic rings. The van der Waals surface area contributed by atoms with E-state index in [1.165, 1.54) is 19.3 Å². The molecule has 0 heterocycles. The van der Waals surface area contributed by atoms with E-state index in [9.17, 15) is 9.59 Å². The molecule has 1 fully saturated rings. The summed E-state index contributed by atoms with van der Waals surface area (Å²) in [5.41, 5.74) is 5.16. The van der Waals surface area contributed by atoms with Gasteiger partial charge < -0.3 is 16.0 Å². The van der Waals surface area contributed by atoms with Crippen LogP contribution in [0.2, 0.25) is 0 Å². The molecule has 0 radical (unpaired) electrons. The van der Waals surface area contributed by atoms with Gasteiger partial charge >= 0.3 is 0 Å². The van der Waals surface area contributed by atoms with Crippen LogP contribution in [0.15, 0.2) is 0 Å². The lowest BCUT2D eigenvalue weighted by molar-refractivity contribution is -0.134. The van der Waals surface area contributed by atoms with Crippen molar-refractivity contribution >= 4 is 24.2 Å². The number of hydrogen-bond acceptors (Lipinski definition) is 3. The predicted octanol–water partition coefficient (Wildman–Crippen LogP) is 0.520. The molecule has 1 rings (SSSR count). The maximum atomic E-state index is 11.9. The molecule has 1 aliphatic rings. The second kappa shape index (κ2) is 8.32. The first kappa shape index (κ1) is 17.2. The van der Waals surface area contributed by atoms with E-state index in [0.717, 1.165) is 6.42 Å². The number of nitrogens with one attached hydrogen (secondary N) is 1. The van der Waals surface area contributed by atoms with Gasteiger partial charge in [0.15, 0.2) is 0 Å². The van der Waals surface area contributed by atoms with Crippen LogP contribution in [-0.2, 0) is 9.59 Å². The van der Waals surface area contributed by atoms with Crippen molar-refractivity contribution in [2.45, 2.75) is 38.6 Å². The van der Waals surface area contributed by atoms with E-state index in [1.807, 2.05) is 7.05 Å². The van der Waals surface area contributed by atoms with E-state index >= 15 is 0 Å². The third-order valence-electron chi connectivity index (χ3n) is 3.58. The molecule has 106 valence electrons. The maximum Gasteiger partial charge on any atom is 0.241 e. The quantitative estimate of drug-likeness (QED) is 0.787. The average Bonchev–Trinajstić information content (AvgIpc) is 2.35. The molecule has 2 atom stereocenters. The first-order valence-electron chi connectivity index (χ1n) is 6.28. The smallest absolute Gasteiger partial charge is 0.241 e. The van der Waals surface area contributed by atoms with Crippen molar-refractivity contribution in [3.8, 4) is 0 Å². The van der Waals surface area contributed by atoms with Crippen molar-refractivity contribution in [2.24, 2.45) is 11.7 Å². The molecule has 2 unspecified atom stereocenters. The number of carbonyl (C=O) groups is 2. The summed E-state index contributed by atoms with van der Waals surface area (Å²) in [6.07, 6.45) is 4.68. The average molecular weight is 278 g/mol. The van der Waals surface area contributed by atoms with E-state index in [4.69, 9.17) is 5.73 Å². The zero-order valence-corrected chi connectivity index (χ0v) is 12.0. The zero-order chi connectivity index (χ0) is 12.8. The van der Waals surface area contributed by atoms with E-state index < -0.39 is 0 Å². The Morgan fingerprint density at radius 3 is 2.50 bits per heavy atom. The Balaban J connectivity index is 0.00000289. The summed E-state index contributed by atoms with van der Waals surface area (Å²) in [5, 5.41) is 2.51. The summed E-state index contributed by atoms with van der Waals surface area (Å²) >= 11 is 0. The second-order valence-electron chi connectivity index (χ2n) is 4.81. The predicted molar refractivity (Wildman–Crippen MR) is 73.5 cm³/mol. The Morgan fingerprint density at radius 1 is 1.33 bits per heavy atom. The van der Waals surface area contributed by atoms with E-state index in [2.05, 4.69) is 12.2 Å². The van der Waals surface area contributed by atoms with Crippen LogP contribution >= 0.6 is 12.4 Å². The molecule has 0 bridgehead atoms. The topological polar surface area (TPSA) is 75.4 Å². The zero-order valence-electron chi connectivity index (χ0n) is 11.1. The Bertz CT molecular complexity index is 286. The first-order chi connectivity index (χ1) is 8.06. The summed E-state index contributed by atoms with van der Waals surface area (Å²) in [4.78, 5) is 24.6. The second-order valence-corrected chi connectivity index (χ2v) is 4.81. The number of carbonyl (C=O) groups excluding carboxylic acids is 2. The largest absolute Gasteiger partial charge is 0.346 e. The normalized spacial score (nSPS) is 22.8. The number of nitrogens with two attached hydrogens (primary N) is 1. The van der Waals surface area contributed by atoms with Gasteiger partial charge in [0, 0.05) is 13.1 Å². The van der Waals surface area contributed by atoms with Gasteiger partial charge in [0.05, 0.1) is 13.1 Å². The summed E-state index contributed by atoms with van der Waals surface area (Å²) in [6.45, 7) is 2.17. The van der Waals surface area contributed by atoms with Gasteiger partial charge in [-0.05, 0) is 18.8 Å². The van der Waals surface area contributed by atoms with Crippen molar-refractivity contribution in [3.05, 3.63) is 0 Å². The summed E-state index contributed by atoms with van der Waals surface area (Å²) in [7, 11) is 1.82.